The summed E-state index contributed by atoms with van der Waals surface area (Å²) in [6, 6.07) is 6.01. The second kappa shape index (κ2) is 7.35. The van der Waals surface area contributed by atoms with Gasteiger partial charge in [-0.05, 0) is 37.1 Å². The molecule has 1 aromatic carbocycles. The maximum Gasteiger partial charge on any atom is 0.229 e. The Bertz CT molecular complexity index is 632. The van der Waals surface area contributed by atoms with Crippen molar-refractivity contribution in [2.45, 2.75) is 40.0 Å². The maximum atomic E-state index is 11.9. The van der Waals surface area contributed by atoms with Gasteiger partial charge in [0.15, 0.2) is 0 Å². The number of carbonyl (C=O) groups excluding carboxylic acids is 1. The Hall–Kier alpha value is -1.95. The van der Waals surface area contributed by atoms with Gasteiger partial charge < -0.3 is 10.1 Å². The molecular formula is C16H21N3O2S. The van der Waals surface area contributed by atoms with Gasteiger partial charge in [-0.15, -0.1) is 10.2 Å². The highest BCUT2D eigenvalue weighted by molar-refractivity contribution is 7.15. The summed E-state index contributed by atoms with van der Waals surface area (Å²) in [6.45, 7) is 8.47. The standard InChI is InChI=1S/C16H21N3O2S/c1-10(2)15-18-19-16(22-15)17-14(20)5-6-21-13-8-11(3)7-12(4)9-13/h7-10H,5-6H2,1-4H3,(H,17,19,20). The Balaban J connectivity index is 1.80. The van der Waals surface area contributed by atoms with E-state index < -0.39 is 0 Å². The quantitative estimate of drug-likeness (QED) is 0.882. The highest BCUT2D eigenvalue weighted by Crippen LogP contribution is 2.22. The van der Waals surface area contributed by atoms with Crippen molar-refractivity contribution in [2.75, 3.05) is 11.9 Å². The third kappa shape index (κ3) is 4.80. The number of nitrogens with one attached hydrogen (secondary N) is 1. The number of amides is 1. The predicted octanol–water partition coefficient (Wildman–Crippen LogP) is 3.69. The molecule has 0 aliphatic heterocycles. The predicted molar refractivity (Wildman–Crippen MR) is 88.7 cm³/mol. The number of ether oxygens (including phenoxy) is 1. The van der Waals surface area contributed by atoms with Crippen LogP contribution in [0.5, 0.6) is 5.75 Å². The summed E-state index contributed by atoms with van der Waals surface area (Å²) in [5.74, 6) is 0.996. The van der Waals surface area contributed by atoms with Gasteiger partial charge in [0, 0.05) is 5.92 Å². The number of hydrogen-bond donors (Lipinski definition) is 1. The number of hydrogen-bond acceptors (Lipinski definition) is 5. The first kappa shape index (κ1) is 16.4. The first-order valence-corrected chi connectivity index (χ1v) is 8.10. The number of aromatic nitrogens is 2. The van der Waals surface area contributed by atoms with Crippen LogP contribution in [0, 0.1) is 13.8 Å². The summed E-state index contributed by atoms with van der Waals surface area (Å²) >= 11 is 1.41. The van der Waals surface area contributed by atoms with Crippen LogP contribution in [0.25, 0.3) is 0 Å². The summed E-state index contributed by atoms with van der Waals surface area (Å²) in [6.07, 6.45) is 0.281. The van der Waals surface area contributed by atoms with E-state index in [-0.39, 0.29) is 12.3 Å². The first-order valence-electron chi connectivity index (χ1n) is 7.28. The Labute approximate surface area is 134 Å². The van der Waals surface area contributed by atoms with E-state index in [1.807, 2.05) is 39.8 Å². The summed E-state index contributed by atoms with van der Waals surface area (Å²) in [5.41, 5.74) is 2.30. The first-order chi connectivity index (χ1) is 10.4. The molecule has 5 nitrogen and oxygen atoms in total. The van der Waals surface area contributed by atoms with Crippen molar-refractivity contribution < 1.29 is 9.53 Å². The van der Waals surface area contributed by atoms with Crippen LogP contribution < -0.4 is 10.1 Å². The van der Waals surface area contributed by atoms with Gasteiger partial charge in [0.25, 0.3) is 0 Å². The lowest BCUT2D eigenvalue weighted by Gasteiger charge is -2.08. The minimum atomic E-state index is -0.115. The van der Waals surface area contributed by atoms with Crippen LogP contribution >= 0.6 is 11.3 Å². The van der Waals surface area contributed by atoms with Crippen LogP contribution in [0.15, 0.2) is 18.2 Å². The van der Waals surface area contributed by atoms with Crippen LogP contribution in [0.3, 0.4) is 0 Å². The Morgan fingerprint density at radius 3 is 2.50 bits per heavy atom. The zero-order valence-corrected chi connectivity index (χ0v) is 14.2. The molecule has 6 heteroatoms. The van der Waals surface area contributed by atoms with Gasteiger partial charge in [-0.2, -0.15) is 0 Å². The molecule has 0 fully saturated rings. The molecule has 22 heavy (non-hydrogen) atoms. The molecule has 1 amide bonds. The summed E-state index contributed by atoms with van der Waals surface area (Å²) < 4.78 is 5.63. The van der Waals surface area contributed by atoms with Crippen molar-refractivity contribution in [3.63, 3.8) is 0 Å². The molecule has 0 spiro atoms. The fraction of sp³-hybridized carbons (Fsp3) is 0.438. The third-order valence-corrected chi connectivity index (χ3v) is 4.11. The molecular weight excluding hydrogens is 298 g/mol. The highest BCUT2D eigenvalue weighted by atomic mass is 32.1. The van der Waals surface area contributed by atoms with Crippen LogP contribution in [-0.2, 0) is 4.79 Å². The lowest BCUT2D eigenvalue weighted by atomic mass is 10.1. The second-order valence-corrected chi connectivity index (χ2v) is 6.58. The van der Waals surface area contributed by atoms with E-state index in [0.29, 0.717) is 17.7 Å². The lowest BCUT2D eigenvalue weighted by Crippen LogP contribution is -2.15. The average Bonchev–Trinajstić information content (AvgIpc) is 2.86. The van der Waals surface area contributed by atoms with Crippen LogP contribution in [-0.4, -0.2) is 22.7 Å². The van der Waals surface area contributed by atoms with Gasteiger partial charge in [0.05, 0.1) is 13.0 Å². The summed E-state index contributed by atoms with van der Waals surface area (Å²) in [5, 5.41) is 12.2. The molecule has 2 rings (SSSR count). The number of anilines is 1. The Kier molecular flexibility index (Phi) is 5.49. The number of nitrogens with zero attached hydrogens (tertiary/aromatic N) is 2. The van der Waals surface area contributed by atoms with Crippen molar-refractivity contribution in [2.24, 2.45) is 0 Å². The van der Waals surface area contributed by atoms with E-state index >= 15 is 0 Å². The molecule has 1 heterocycles. The number of rotatable bonds is 6. The van der Waals surface area contributed by atoms with Crippen molar-refractivity contribution in [3.05, 3.63) is 34.3 Å². The number of benzene rings is 1. The zero-order chi connectivity index (χ0) is 16.1. The molecule has 0 aliphatic rings. The number of carbonyl (C=O) groups is 1. The second-order valence-electron chi connectivity index (χ2n) is 5.57. The average molecular weight is 319 g/mol. The molecule has 0 saturated heterocycles. The molecule has 2 aromatic rings. The molecule has 0 radical (unpaired) electrons. The smallest absolute Gasteiger partial charge is 0.229 e. The Morgan fingerprint density at radius 2 is 1.91 bits per heavy atom. The van der Waals surface area contributed by atoms with Crippen molar-refractivity contribution >= 4 is 22.4 Å². The SMILES string of the molecule is Cc1cc(C)cc(OCCC(=O)Nc2nnc(C(C)C)s2)c1. The molecule has 1 N–H and O–H groups in total. The van der Waals surface area contributed by atoms with Crippen molar-refractivity contribution in [1.29, 1.82) is 0 Å². The van der Waals surface area contributed by atoms with Gasteiger partial charge in [-0.3, -0.25) is 4.79 Å². The van der Waals surface area contributed by atoms with Crippen LogP contribution in [0.2, 0.25) is 0 Å². The van der Waals surface area contributed by atoms with Gasteiger partial charge in [-0.25, -0.2) is 0 Å². The molecule has 0 atom stereocenters. The molecule has 1 aromatic heterocycles. The summed E-state index contributed by atoms with van der Waals surface area (Å²) in [7, 11) is 0. The largest absolute Gasteiger partial charge is 0.493 e. The van der Waals surface area contributed by atoms with E-state index in [4.69, 9.17) is 4.74 Å². The summed E-state index contributed by atoms with van der Waals surface area (Å²) in [4.78, 5) is 11.9. The van der Waals surface area contributed by atoms with Gasteiger partial charge >= 0.3 is 0 Å². The molecule has 0 bridgehead atoms. The van der Waals surface area contributed by atoms with E-state index in [0.717, 1.165) is 21.9 Å². The van der Waals surface area contributed by atoms with Gasteiger partial charge in [0.2, 0.25) is 11.0 Å². The molecule has 0 unspecified atom stereocenters. The third-order valence-electron chi connectivity index (χ3n) is 2.97. The van der Waals surface area contributed by atoms with Crippen molar-refractivity contribution in [1.82, 2.24) is 10.2 Å². The Morgan fingerprint density at radius 1 is 1.23 bits per heavy atom. The van der Waals surface area contributed by atoms with E-state index in [1.54, 1.807) is 0 Å². The molecule has 0 saturated carbocycles. The maximum absolute atomic E-state index is 11.9. The normalized spacial score (nSPS) is 10.8. The van der Waals surface area contributed by atoms with Crippen LogP contribution in [0.4, 0.5) is 5.13 Å². The van der Waals surface area contributed by atoms with E-state index in [1.165, 1.54) is 11.3 Å². The minimum Gasteiger partial charge on any atom is -0.493 e. The van der Waals surface area contributed by atoms with Gasteiger partial charge in [-0.1, -0.05) is 31.3 Å². The molecule has 0 aliphatic carbocycles. The highest BCUT2D eigenvalue weighted by Gasteiger charge is 2.10. The fourth-order valence-corrected chi connectivity index (χ4v) is 2.74. The monoisotopic (exact) mass is 319 g/mol. The van der Waals surface area contributed by atoms with E-state index in [2.05, 4.69) is 21.6 Å². The van der Waals surface area contributed by atoms with E-state index in [9.17, 15) is 4.79 Å². The lowest BCUT2D eigenvalue weighted by molar-refractivity contribution is -0.116. The zero-order valence-electron chi connectivity index (χ0n) is 13.3. The van der Waals surface area contributed by atoms with Gasteiger partial charge in [0.1, 0.15) is 10.8 Å². The molecule has 118 valence electrons. The van der Waals surface area contributed by atoms with Crippen molar-refractivity contribution in [3.8, 4) is 5.75 Å². The topological polar surface area (TPSA) is 64.1 Å². The van der Waals surface area contributed by atoms with Crippen LogP contribution in [0.1, 0.15) is 42.3 Å². The minimum absolute atomic E-state index is 0.115. The fourth-order valence-electron chi connectivity index (χ4n) is 1.98. The number of aryl methyl sites for hydroxylation is 2.